The van der Waals surface area contributed by atoms with E-state index in [0.717, 1.165) is 12.4 Å². The lowest BCUT2D eigenvalue weighted by atomic mass is 10.2. The molecule has 6 nitrogen and oxygen atoms in total. The third-order valence-electron chi connectivity index (χ3n) is 2.31. The number of carbonyl (C=O) groups excluding carboxylic acids is 1. The molecule has 23 heavy (non-hydrogen) atoms. The van der Waals surface area contributed by atoms with Crippen LogP contribution in [0.1, 0.15) is 20.7 Å². The van der Waals surface area contributed by atoms with Crippen molar-refractivity contribution in [2.24, 2.45) is 0 Å². The number of nitrogens with zero attached hydrogens (tertiary/aromatic N) is 2. The summed E-state index contributed by atoms with van der Waals surface area (Å²) in [6.45, 7) is 0. The first-order chi connectivity index (χ1) is 10.8. The molecule has 122 valence electrons. The van der Waals surface area contributed by atoms with Crippen LogP contribution in [0.4, 0.5) is 8.78 Å². The van der Waals surface area contributed by atoms with Gasteiger partial charge in [0.15, 0.2) is 11.6 Å². The molecule has 0 fully saturated rings. The summed E-state index contributed by atoms with van der Waals surface area (Å²) >= 11 is 5.85. The molecular weight excluding hydrogens is 446 g/mol. The van der Waals surface area contributed by atoms with Crippen LogP contribution in [0.25, 0.3) is 0 Å². The molecule has 0 atom stereocenters. The summed E-state index contributed by atoms with van der Waals surface area (Å²) in [4.78, 5) is 28.3. The molecule has 2 aromatic heterocycles. The van der Waals surface area contributed by atoms with E-state index in [9.17, 15) is 18.4 Å². The molecule has 2 rings (SSSR count). The van der Waals surface area contributed by atoms with Crippen LogP contribution >= 0.6 is 31.9 Å². The van der Waals surface area contributed by atoms with Crippen molar-refractivity contribution in [3.05, 3.63) is 56.5 Å². The average Bonchev–Trinajstić information content (AvgIpc) is 2.47. The number of rotatable bonds is 2. The molecule has 0 radical (unpaired) electrons. The Bertz CT molecular complexity index is 703. The van der Waals surface area contributed by atoms with Crippen molar-refractivity contribution in [1.29, 1.82) is 0 Å². The van der Waals surface area contributed by atoms with Crippen molar-refractivity contribution in [2.45, 2.75) is 0 Å². The maximum Gasteiger partial charge on any atom is 0.342 e. The summed E-state index contributed by atoms with van der Waals surface area (Å²) in [5.41, 5.74) is -0.521. The van der Waals surface area contributed by atoms with Crippen LogP contribution in [0.15, 0.2) is 33.7 Å². The van der Waals surface area contributed by atoms with Crippen molar-refractivity contribution < 1.29 is 28.2 Å². The van der Waals surface area contributed by atoms with Crippen molar-refractivity contribution in [3.63, 3.8) is 0 Å². The van der Waals surface area contributed by atoms with Gasteiger partial charge in [0.2, 0.25) is 0 Å². The first-order valence-electron chi connectivity index (χ1n) is 5.69. The Kier molecular flexibility index (Phi) is 7.17. The number of esters is 1. The third-order valence-corrected chi connectivity index (χ3v) is 3.51. The summed E-state index contributed by atoms with van der Waals surface area (Å²) in [5.74, 6) is -3.57. The van der Waals surface area contributed by atoms with Crippen LogP contribution < -0.4 is 0 Å². The molecule has 0 unspecified atom stereocenters. The monoisotopic (exact) mass is 452 g/mol. The molecule has 0 aliphatic heterocycles. The van der Waals surface area contributed by atoms with E-state index >= 15 is 0 Å². The number of pyridine rings is 2. The summed E-state index contributed by atoms with van der Waals surface area (Å²) in [6, 6.07) is 0. The maximum atomic E-state index is 12.9. The summed E-state index contributed by atoms with van der Waals surface area (Å²) in [6.07, 6.45) is 4.37. The fraction of sp³-hybridized carbons (Fsp3) is 0.0769. The van der Waals surface area contributed by atoms with Gasteiger partial charge in [-0.05, 0) is 31.9 Å². The zero-order chi connectivity index (χ0) is 17.6. The van der Waals surface area contributed by atoms with E-state index in [4.69, 9.17) is 5.11 Å². The van der Waals surface area contributed by atoms with Gasteiger partial charge in [0.05, 0.1) is 28.4 Å². The Labute approximate surface area is 145 Å². The first-order valence-corrected chi connectivity index (χ1v) is 7.27. The molecule has 0 spiro atoms. The molecule has 1 N–H and O–H groups in total. The van der Waals surface area contributed by atoms with Crippen molar-refractivity contribution >= 4 is 43.8 Å². The molecule has 0 aliphatic carbocycles. The van der Waals surface area contributed by atoms with Gasteiger partial charge in [-0.1, -0.05) is 0 Å². The lowest BCUT2D eigenvalue weighted by Gasteiger charge is -2.01. The van der Waals surface area contributed by atoms with Crippen molar-refractivity contribution in [1.82, 2.24) is 9.97 Å². The Morgan fingerprint density at radius 2 is 1.43 bits per heavy atom. The predicted molar refractivity (Wildman–Crippen MR) is 82.1 cm³/mol. The molecule has 2 aromatic rings. The van der Waals surface area contributed by atoms with Crippen LogP contribution in [-0.2, 0) is 4.74 Å². The molecule has 0 saturated heterocycles. The normalized spacial score (nSPS) is 9.61. The highest BCUT2D eigenvalue weighted by Crippen LogP contribution is 2.18. The molecule has 10 heteroatoms. The van der Waals surface area contributed by atoms with E-state index in [1.807, 2.05) is 0 Å². The van der Waals surface area contributed by atoms with Crippen molar-refractivity contribution in [2.75, 3.05) is 7.11 Å². The highest BCUT2D eigenvalue weighted by Gasteiger charge is 2.16. The van der Waals surface area contributed by atoms with E-state index < -0.39 is 23.6 Å². The van der Waals surface area contributed by atoms with Crippen LogP contribution in [0.2, 0.25) is 0 Å². The van der Waals surface area contributed by atoms with E-state index in [1.165, 1.54) is 19.5 Å². The number of methoxy groups -OCH3 is 1. The molecular formula is C13H8Br2F2N2O4. The predicted octanol–water partition coefficient (Wildman–Crippen LogP) is 3.45. The van der Waals surface area contributed by atoms with Gasteiger partial charge >= 0.3 is 11.9 Å². The minimum atomic E-state index is -1.31. The van der Waals surface area contributed by atoms with Gasteiger partial charge < -0.3 is 9.84 Å². The lowest BCUT2D eigenvalue weighted by Crippen LogP contribution is -2.05. The highest BCUT2D eigenvalue weighted by atomic mass is 79.9. The van der Waals surface area contributed by atoms with E-state index in [-0.39, 0.29) is 20.1 Å². The Balaban J connectivity index is 0.000000231. The van der Waals surface area contributed by atoms with Crippen LogP contribution in [-0.4, -0.2) is 34.1 Å². The Hall–Kier alpha value is -1.94. The molecule has 0 bridgehead atoms. The van der Waals surface area contributed by atoms with Crippen LogP contribution in [0.5, 0.6) is 0 Å². The van der Waals surface area contributed by atoms with Gasteiger partial charge in [-0.15, -0.1) is 0 Å². The van der Waals surface area contributed by atoms with Gasteiger partial charge in [0, 0.05) is 12.4 Å². The standard InChI is InChI=1S/C7H5BrFNO2.C6H3BrFNO2/c1-12-7(11)6-4(8)2-10-3-5(6)9;7-3-1-9-2-4(8)5(3)6(10)11/h2-3H,1H3;1-2H,(H,10,11). The first kappa shape index (κ1) is 19.1. The number of carboxylic acids is 1. The largest absolute Gasteiger partial charge is 0.478 e. The van der Waals surface area contributed by atoms with Gasteiger partial charge in [-0.25, -0.2) is 18.4 Å². The number of halogens is 4. The lowest BCUT2D eigenvalue weighted by molar-refractivity contribution is 0.0593. The highest BCUT2D eigenvalue weighted by molar-refractivity contribution is 9.10. The Morgan fingerprint density at radius 3 is 1.74 bits per heavy atom. The fourth-order valence-corrected chi connectivity index (χ4v) is 2.27. The topological polar surface area (TPSA) is 89.4 Å². The second-order valence-corrected chi connectivity index (χ2v) is 5.46. The Morgan fingerprint density at radius 1 is 1.00 bits per heavy atom. The summed E-state index contributed by atoms with van der Waals surface area (Å²) in [5, 5.41) is 8.45. The van der Waals surface area contributed by atoms with E-state index in [0.29, 0.717) is 0 Å². The number of aromatic nitrogens is 2. The molecule has 0 aromatic carbocycles. The summed E-state index contributed by atoms with van der Waals surface area (Å²) < 4.78 is 30.3. The molecule has 0 aliphatic rings. The second kappa shape index (κ2) is 8.63. The van der Waals surface area contributed by atoms with E-state index in [1.54, 1.807) is 0 Å². The van der Waals surface area contributed by atoms with Gasteiger partial charge in [-0.3, -0.25) is 9.97 Å². The van der Waals surface area contributed by atoms with E-state index in [2.05, 4.69) is 46.6 Å². The maximum absolute atomic E-state index is 12.9. The zero-order valence-electron chi connectivity index (χ0n) is 11.4. The third kappa shape index (κ3) is 5.03. The smallest absolute Gasteiger partial charge is 0.342 e. The van der Waals surface area contributed by atoms with Crippen molar-refractivity contribution in [3.8, 4) is 0 Å². The quantitative estimate of drug-likeness (QED) is 0.700. The average molecular weight is 454 g/mol. The van der Waals surface area contributed by atoms with Gasteiger partial charge in [-0.2, -0.15) is 0 Å². The van der Waals surface area contributed by atoms with Gasteiger partial charge in [0.1, 0.15) is 11.1 Å². The molecule has 0 amide bonds. The minimum Gasteiger partial charge on any atom is -0.478 e. The van der Waals surface area contributed by atoms with Gasteiger partial charge in [0.25, 0.3) is 0 Å². The van der Waals surface area contributed by atoms with Crippen LogP contribution in [0, 0.1) is 11.6 Å². The number of carboxylic acid groups (broad SMARTS) is 1. The number of aromatic carboxylic acids is 1. The summed E-state index contributed by atoms with van der Waals surface area (Å²) in [7, 11) is 1.19. The second-order valence-electron chi connectivity index (χ2n) is 3.75. The SMILES string of the molecule is COC(=O)c1c(F)cncc1Br.O=C(O)c1c(F)cncc1Br. The minimum absolute atomic E-state index is 0.132. The number of carbonyl (C=O) groups is 2. The fourth-order valence-electron chi connectivity index (χ4n) is 1.32. The number of hydrogen-bond donors (Lipinski definition) is 1. The zero-order valence-corrected chi connectivity index (χ0v) is 14.6. The van der Waals surface area contributed by atoms with Crippen LogP contribution in [0.3, 0.4) is 0 Å². The number of ether oxygens (including phenoxy) is 1. The molecule has 2 heterocycles. The number of hydrogen-bond acceptors (Lipinski definition) is 5. The molecule has 0 saturated carbocycles.